The second-order valence-electron chi connectivity index (χ2n) is 5.50. The van der Waals surface area contributed by atoms with E-state index in [4.69, 9.17) is 14.2 Å². The first-order valence-corrected chi connectivity index (χ1v) is 8.82. The summed E-state index contributed by atoms with van der Waals surface area (Å²) in [4.78, 5) is 4.63. The van der Waals surface area contributed by atoms with E-state index < -0.39 is 0 Å². The summed E-state index contributed by atoms with van der Waals surface area (Å²) in [7, 11) is 0. The van der Waals surface area contributed by atoms with Crippen LogP contribution in [-0.4, -0.2) is 45.5 Å². The Labute approximate surface area is 167 Å². The van der Waals surface area contributed by atoms with E-state index in [0.29, 0.717) is 19.8 Å². The summed E-state index contributed by atoms with van der Waals surface area (Å²) in [5.74, 6) is 2.46. The molecular weight excluding hydrogens is 433 g/mol. The Kier molecular flexibility index (Phi) is 11.4. The molecule has 1 aromatic rings. The number of hydrogen-bond acceptors (Lipinski definition) is 4. The van der Waals surface area contributed by atoms with Crippen LogP contribution in [-0.2, 0) is 11.3 Å². The number of nitrogens with one attached hydrogen (secondary N) is 2. The zero-order chi connectivity index (χ0) is 17.0. The molecule has 142 valence electrons. The monoisotopic (exact) mass is 463 g/mol. The maximum atomic E-state index is 5.73. The largest absolute Gasteiger partial charge is 0.490 e. The van der Waals surface area contributed by atoms with Crippen molar-refractivity contribution in [1.29, 1.82) is 0 Å². The van der Waals surface area contributed by atoms with Gasteiger partial charge in [0.2, 0.25) is 0 Å². The molecule has 1 aromatic carbocycles. The number of fused-ring (bicyclic) bond motifs is 1. The first kappa shape index (κ1) is 21.8. The summed E-state index contributed by atoms with van der Waals surface area (Å²) in [5.41, 5.74) is 1.10. The van der Waals surface area contributed by atoms with Crippen molar-refractivity contribution in [2.24, 2.45) is 4.99 Å². The summed E-state index contributed by atoms with van der Waals surface area (Å²) in [5, 5.41) is 6.58. The van der Waals surface area contributed by atoms with Crippen molar-refractivity contribution in [1.82, 2.24) is 10.6 Å². The van der Waals surface area contributed by atoms with E-state index in [-0.39, 0.29) is 24.0 Å². The third-order valence-electron chi connectivity index (χ3n) is 3.54. The van der Waals surface area contributed by atoms with Gasteiger partial charge in [-0.1, -0.05) is 6.07 Å². The van der Waals surface area contributed by atoms with Crippen LogP contribution < -0.4 is 20.1 Å². The van der Waals surface area contributed by atoms with E-state index >= 15 is 0 Å². The van der Waals surface area contributed by atoms with Gasteiger partial charge < -0.3 is 24.8 Å². The molecule has 0 bridgehead atoms. The molecule has 25 heavy (non-hydrogen) atoms. The van der Waals surface area contributed by atoms with Gasteiger partial charge in [-0.2, -0.15) is 0 Å². The van der Waals surface area contributed by atoms with Gasteiger partial charge in [-0.05, 0) is 38.0 Å². The van der Waals surface area contributed by atoms with Gasteiger partial charge >= 0.3 is 0 Å². The Bertz CT molecular complexity index is 526. The summed E-state index contributed by atoms with van der Waals surface area (Å²) in [6.45, 7) is 9.27. The molecule has 1 aliphatic heterocycles. The average Bonchev–Trinajstić information content (AvgIpc) is 2.84. The van der Waals surface area contributed by atoms with Gasteiger partial charge in [-0.3, -0.25) is 0 Å². The highest BCUT2D eigenvalue weighted by Gasteiger charge is 2.10. The molecule has 0 aliphatic carbocycles. The molecule has 7 heteroatoms. The van der Waals surface area contributed by atoms with Gasteiger partial charge in [0.05, 0.1) is 19.8 Å². The van der Waals surface area contributed by atoms with E-state index in [2.05, 4.69) is 22.5 Å². The predicted molar refractivity (Wildman–Crippen MR) is 111 cm³/mol. The molecule has 0 saturated heterocycles. The zero-order valence-corrected chi connectivity index (χ0v) is 17.5. The van der Waals surface area contributed by atoms with Crippen molar-refractivity contribution in [3.8, 4) is 11.5 Å². The van der Waals surface area contributed by atoms with Crippen LogP contribution in [0.1, 0.15) is 32.3 Å². The van der Waals surface area contributed by atoms with E-state index in [1.807, 2.05) is 25.1 Å². The van der Waals surface area contributed by atoms with E-state index in [1.54, 1.807) is 0 Å². The van der Waals surface area contributed by atoms with Gasteiger partial charge in [0.1, 0.15) is 0 Å². The highest BCUT2D eigenvalue weighted by atomic mass is 127. The maximum absolute atomic E-state index is 5.73. The molecule has 0 unspecified atom stereocenters. The van der Waals surface area contributed by atoms with Crippen molar-refractivity contribution >= 4 is 29.9 Å². The molecule has 0 atom stereocenters. The molecular formula is C18H30IN3O3. The molecule has 2 N–H and O–H groups in total. The Balaban J connectivity index is 0.00000312. The lowest BCUT2D eigenvalue weighted by Crippen LogP contribution is -2.38. The molecule has 6 nitrogen and oxygen atoms in total. The summed E-state index contributed by atoms with van der Waals surface area (Å²) >= 11 is 0. The van der Waals surface area contributed by atoms with Crippen LogP contribution >= 0.6 is 24.0 Å². The number of rotatable bonds is 8. The van der Waals surface area contributed by atoms with E-state index in [0.717, 1.165) is 62.2 Å². The van der Waals surface area contributed by atoms with Crippen molar-refractivity contribution in [3.05, 3.63) is 23.8 Å². The van der Waals surface area contributed by atoms with Crippen LogP contribution in [0.4, 0.5) is 0 Å². The smallest absolute Gasteiger partial charge is 0.191 e. The van der Waals surface area contributed by atoms with Crippen molar-refractivity contribution in [2.45, 2.75) is 33.2 Å². The lowest BCUT2D eigenvalue weighted by atomic mass is 10.2. The second-order valence-corrected chi connectivity index (χ2v) is 5.50. The number of nitrogens with zero attached hydrogens (tertiary/aromatic N) is 1. The van der Waals surface area contributed by atoms with Crippen LogP contribution in [0.15, 0.2) is 23.2 Å². The third-order valence-corrected chi connectivity index (χ3v) is 3.54. The summed E-state index contributed by atoms with van der Waals surface area (Å²) < 4.78 is 16.7. The van der Waals surface area contributed by atoms with Crippen LogP contribution in [0.25, 0.3) is 0 Å². The lowest BCUT2D eigenvalue weighted by molar-refractivity contribution is 0.145. The molecule has 0 spiro atoms. The van der Waals surface area contributed by atoms with Gasteiger partial charge in [-0.15, -0.1) is 24.0 Å². The highest BCUT2D eigenvalue weighted by molar-refractivity contribution is 14.0. The van der Waals surface area contributed by atoms with Crippen molar-refractivity contribution < 1.29 is 14.2 Å². The standard InChI is InChI=1S/C18H29N3O3.HI/c1-3-19-18(20-9-5-10-22-4-2)21-14-15-7-8-16-17(13-15)24-12-6-11-23-16;/h7-8,13H,3-6,9-12,14H2,1-2H3,(H2,19,20,21);1H. The fourth-order valence-corrected chi connectivity index (χ4v) is 2.34. The van der Waals surface area contributed by atoms with Crippen molar-refractivity contribution in [3.63, 3.8) is 0 Å². The molecule has 0 fully saturated rings. The van der Waals surface area contributed by atoms with E-state index in [1.165, 1.54) is 0 Å². The van der Waals surface area contributed by atoms with Crippen LogP contribution in [0.2, 0.25) is 0 Å². The van der Waals surface area contributed by atoms with Gasteiger partial charge in [0, 0.05) is 32.7 Å². The first-order chi connectivity index (χ1) is 11.8. The fourth-order valence-electron chi connectivity index (χ4n) is 2.34. The molecule has 0 amide bonds. The molecule has 0 saturated carbocycles. The fraction of sp³-hybridized carbons (Fsp3) is 0.611. The van der Waals surface area contributed by atoms with Crippen molar-refractivity contribution in [2.75, 3.05) is 39.5 Å². The average molecular weight is 463 g/mol. The number of ether oxygens (including phenoxy) is 3. The summed E-state index contributed by atoms with van der Waals surface area (Å²) in [6.07, 6.45) is 1.88. The Hall–Kier alpha value is -1.22. The second kappa shape index (κ2) is 13.0. The highest BCUT2D eigenvalue weighted by Crippen LogP contribution is 2.30. The van der Waals surface area contributed by atoms with Crippen LogP contribution in [0.5, 0.6) is 11.5 Å². The lowest BCUT2D eigenvalue weighted by Gasteiger charge is -2.12. The third kappa shape index (κ3) is 8.13. The number of benzene rings is 1. The Morgan fingerprint density at radius 1 is 1.16 bits per heavy atom. The zero-order valence-electron chi connectivity index (χ0n) is 15.2. The number of aliphatic imine (C=N–C) groups is 1. The maximum Gasteiger partial charge on any atom is 0.191 e. The molecule has 1 aliphatic rings. The molecule has 1 heterocycles. The normalized spacial score (nSPS) is 13.6. The molecule has 2 rings (SSSR count). The van der Waals surface area contributed by atoms with E-state index in [9.17, 15) is 0 Å². The molecule has 0 aromatic heterocycles. The minimum absolute atomic E-state index is 0. The van der Waals surface area contributed by atoms with Gasteiger partial charge in [0.15, 0.2) is 17.5 Å². The van der Waals surface area contributed by atoms with Gasteiger partial charge in [0.25, 0.3) is 0 Å². The number of guanidine groups is 1. The van der Waals surface area contributed by atoms with Crippen LogP contribution in [0.3, 0.4) is 0 Å². The number of halogens is 1. The molecule has 0 radical (unpaired) electrons. The Morgan fingerprint density at radius 2 is 1.96 bits per heavy atom. The minimum Gasteiger partial charge on any atom is -0.490 e. The summed E-state index contributed by atoms with van der Waals surface area (Å²) in [6, 6.07) is 6.02. The predicted octanol–water partition coefficient (Wildman–Crippen LogP) is 2.95. The SMILES string of the molecule is CCNC(=NCc1ccc2c(c1)OCCCO2)NCCCOCC.I. The Morgan fingerprint density at radius 3 is 2.72 bits per heavy atom. The van der Waals surface area contributed by atoms with Gasteiger partial charge in [-0.25, -0.2) is 4.99 Å². The first-order valence-electron chi connectivity index (χ1n) is 8.82. The quantitative estimate of drug-likeness (QED) is 0.269. The minimum atomic E-state index is 0. The number of hydrogen-bond donors (Lipinski definition) is 2. The topological polar surface area (TPSA) is 64.1 Å². The van der Waals surface area contributed by atoms with Crippen LogP contribution in [0, 0.1) is 0 Å².